The van der Waals surface area contributed by atoms with Crippen LogP contribution in [0.15, 0.2) is 60.7 Å². The van der Waals surface area contributed by atoms with Gasteiger partial charge in [-0.2, -0.15) is 0 Å². The van der Waals surface area contributed by atoms with E-state index in [4.69, 9.17) is 20.9 Å². The minimum atomic E-state index is 0. The van der Waals surface area contributed by atoms with E-state index in [0.717, 1.165) is 11.1 Å². The van der Waals surface area contributed by atoms with Crippen molar-refractivity contribution in [3.8, 4) is 0 Å². The first kappa shape index (κ1) is 21.4. The second kappa shape index (κ2) is 12.9. The largest absolute Gasteiger partial charge is 0.466 e. The molecule has 0 saturated heterocycles. The van der Waals surface area contributed by atoms with Gasteiger partial charge in [0.25, 0.3) is 10.3 Å². The summed E-state index contributed by atoms with van der Waals surface area (Å²) in [6.45, 7) is 0.909. The summed E-state index contributed by atoms with van der Waals surface area (Å²) in [4.78, 5) is 0. The predicted molar refractivity (Wildman–Crippen MR) is 96.0 cm³/mol. The molecule has 0 aliphatic carbocycles. The van der Waals surface area contributed by atoms with Crippen LogP contribution in [0.3, 0.4) is 0 Å². The first-order valence-electron chi connectivity index (χ1n) is 6.50. The van der Waals surface area contributed by atoms with Gasteiger partial charge in [0.2, 0.25) is 0 Å². The van der Waals surface area contributed by atoms with Crippen LogP contribution in [0.4, 0.5) is 0 Å². The van der Waals surface area contributed by atoms with Gasteiger partial charge in [0.05, 0.1) is 0 Å². The molecular formula is C16H18N2O2S2Zn. The van der Waals surface area contributed by atoms with Crippen LogP contribution in [0.25, 0.3) is 0 Å². The molecule has 2 aromatic rings. The molecule has 0 bridgehead atoms. The SMILES string of the molecule is NC(=S)OCc1ccccc1.NC(=S)OCc1ccccc1.[Zn]. The van der Waals surface area contributed by atoms with Crippen molar-refractivity contribution in [2.24, 2.45) is 11.5 Å². The van der Waals surface area contributed by atoms with Crippen LogP contribution in [0.5, 0.6) is 0 Å². The molecule has 4 N–H and O–H groups in total. The molecule has 0 unspecified atom stereocenters. The molecule has 118 valence electrons. The fraction of sp³-hybridized carbons (Fsp3) is 0.125. The van der Waals surface area contributed by atoms with Gasteiger partial charge in [0, 0.05) is 19.5 Å². The Morgan fingerprint density at radius 3 is 1.26 bits per heavy atom. The molecule has 0 fully saturated rings. The third-order valence-electron chi connectivity index (χ3n) is 2.45. The Bertz CT molecular complexity index is 530. The molecule has 0 saturated carbocycles. The van der Waals surface area contributed by atoms with Crippen LogP contribution in [-0.2, 0) is 42.2 Å². The molecule has 4 nitrogen and oxygen atoms in total. The summed E-state index contributed by atoms with van der Waals surface area (Å²) in [6.07, 6.45) is 0. The normalized spacial score (nSPS) is 8.70. The van der Waals surface area contributed by atoms with Gasteiger partial charge in [-0.25, -0.2) is 0 Å². The van der Waals surface area contributed by atoms with Crippen molar-refractivity contribution < 1.29 is 29.0 Å². The molecule has 7 heteroatoms. The number of rotatable bonds is 4. The van der Waals surface area contributed by atoms with Crippen molar-refractivity contribution in [1.29, 1.82) is 0 Å². The molecule has 0 amide bonds. The Balaban J connectivity index is 0.000000403. The van der Waals surface area contributed by atoms with Gasteiger partial charge in [0.15, 0.2) is 0 Å². The molecule has 0 radical (unpaired) electrons. The minimum Gasteiger partial charge on any atom is -0.466 e. The van der Waals surface area contributed by atoms with Gasteiger partial charge in [-0.3, -0.25) is 0 Å². The minimum absolute atomic E-state index is 0. The zero-order valence-corrected chi connectivity index (χ0v) is 17.3. The van der Waals surface area contributed by atoms with Crippen LogP contribution >= 0.6 is 24.4 Å². The van der Waals surface area contributed by atoms with Crippen molar-refractivity contribution in [3.05, 3.63) is 71.8 Å². The van der Waals surface area contributed by atoms with Crippen molar-refractivity contribution in [3.63, 3.8) is 0 Å². The summed E-state index contributed by atoms with van der Waals surface area (Å²) in [6, 6.07) is 19.5. The van der Waals surface area contributed by atoms with Crippen molar-refractivity contribution in [1.82, 2.24) is 0 Å². The molecule has 0 aromatic heterocycles. The number of hydrogen-bond acceptors (Lipinski definition) is 4. The monoisotopic (exact) mass is 398 g/mol. The van der Waals surface area contributed by atoms with Gasteiger partial charge in [0.1, 0.15) is 13.2 Å². The number of nitrogens with two attached hydrogens (primary N) is 2. The predicted octanol–water partition coefficient (Wildman–Crippen LogP) is 2.89. The maximum Gasteiger partial charge on any atom is 0.254 e. The zero-order chi connectivity index (χ0) is 16.2. The molecule has 0 heterocycles. The average Bonchev–Trinajstić information content (AvgIpc) is 2.53. The fourth-order valence-corrected chi connectivity index (χ4v) is 1.58. The van der Waals surface area contributed by atoms with Crippen LogP contribution in [0, 0.1) is 0 Å². The molecule has 2 aromatic carbocycles. The summed E-state index contributed by atoms with van der Waals surface area (Å²) in [5.41, 5.74) is 12.4. The topological polar surface area (TPSA) is 70.5 Å². The Morgan fingerprint density at radius 1 is 0.696 bits per heavy atom. The van der Waals surface area contributed by atoms with E-state index in [0.29, 0.717) is 13.2 Å². The number of benzene rings is 2. The van der Waals surface area contributed by atoms with E-state index in [1.54, 1.807) is 0 Å². The van der Waals surface area contributed by atoms with Gasteiger partial charge in [-0.05, 0) is 35.6 Å². The summed E-state index contributed by atoms with van der Waals surface area (Å²) in [5.74, 6) is 0. The zero-order valence-electron chi connectivity index (χ0n) is 12.7. The van der Waals surface area contributed by atoms with Crippen molar-refractivity contribution in [2.45, 2.75) is 13.2 Å². The van der Waals surface area contributed by atoms with Crippen molar-refractivity contribution in [2.75, 3.05) is 0 Å². The molecule has 23 heavy (non-hydrogen) atoms. The van der Waals surface area contributed by atoms with Crippen LogP contribution in [-0.4, -0.2) is 10.3 Å². The first-order valence-corrected chi connectivity index (χ1v) is 7.32. The summed E-state index contributed by atoms with van der Waals surface area (Å²) in [5, 5.41) is 0.183. The van der Waals surface area contributed by atoms with E-state index >= 15 is 0 Å². The molecule has 0 aliphatic heterocycles. The Kier molecular flexibility index (Phi) is 12.1. The second-order valence-corrected chi connectivity index (χ2v) is 4.99. The van der Waals surface area contributed by atoms with Gasteiger partial charge in [-0.1, -0.05) is 60.7 Å². The van der Waals surface area contributed by atoms with Gasteiger partial charge < -0.3 is 20.9 Å². The molecule has 0 atom stereocenters. The van der Waals surface area contributed by atoms with E-state index in [1.165, 1.54) is 0 Å². The second-order valence-electron chi connectivity index (χ2n) is 4.19. The standard InChI is InChI=1S/2C8H9NOS.Zn/c2*9-8(11)10-6-7-4-2-1-3-5-7;/h2*1-5H,6H2,(H2,9,11);. The maximum absolute atomic E-state index is 5.15. The van der Waals surface area contributed by atoms with E-state index in [9.17, 15) is 0 Å². The van der Waals surface area contributed by atoms with E-state index in [2.05, 4.69) is 24.4 Å². The molecular weight excluding hydrogens is 382 g/mol. The van der Waals surface area contributed by atoms with Gasteiger partial charge >= 0.3 is 0 Å². The number of thiocarbonyl (C=S) groups is 2. The first-order chi connectivity index (χ1) is 10.6. The third kappa shape index (κ3) is 11.6. The summed E-state index contributed by atoms with van der Waals surface area (Å²) in [7, 11) is 0. The van der Waals surface area contributed by atoms with Crippen molar-refractivity contribution >= 4 is 34.8 Å². The third-order valence-corrected chi connectivity index (χ3v) is 2.68. The quantitative estimate of drug-likeness (QED) is 0.608. The molecule has 2 rings (SSSR count). The molecule has 0 aliphatic rings. The number of ether oxygens (including phenoxy) is 2. The Labute approximate surface area is 159 Å². The number of hydrogen-bond donors (Lipinski definition) is 2. The summed E-state index contributed by atoms with van der Waals surface area (Å²) >= 11 is 9.10. The van der Waals surface area contributed by atoms with E-state index in [-0.39, 0.29) is 29.8 Å². The smallest absolute Gasteiger partial charge is 0.254 e. The average molecular weight is 400 g/mol. The Morgan fingerprint density at radius 2 is 1.00 bits per heavy atom. The van der Waals surface area contributed by atoms with Crippen LogP contribution in [0.1, 0.15) is 11.1 Å². The molecule has 0 spiro atoms. The fourth-order valence-electron chi connectivity index (χ4n) is 1.46. The van der Waals surface area contributed by atoms with Crippen LogP contribution < -0.4 is 11.5 Å². The maximum atomic E-state index is 5.15. The summed E-state index contributed by atoms with van der Waals surface area (Å²) < 4.78 is 9.87. The van der Waals surface area contributed by atoms with Crippen LogP contribution in [0.2, 0.25) is 0 Å². The Hall–Kier alpha value is -1.56. The van der Waals surface area contributed by atoms with E-state index < -0.39 is 0 Å². The van der Waals surface area contributed by atoms with E-state index in [1.807, 2.05) is 60.7 Å². The van der Waals surface area contributed by atoms with Gasteiger partial charge in [-0.15, -0.1) is 0 Å².